The van der Waals surface area contributed by atoms with Gasteiger partial charge in [-0.1, -0.05) is 6.07 Å². The van der Waals surface area contributed by atoms with Crippen LogP contribution in [0.2, 0.25) is 0 Å². The van der Waals surface area contributed by atoms with E-state index in [0.29, 0.717) is 53.0 Å². The largest absolute Gasteiger partial charge is 0.493 e. The van der Waals surface area contributed by atoms with E-state index in [1.807, 2.05) is 17.5 Å². The average Bonchev–Trinajstić information content (AvgIpc) is 3.39. The molecule has 2 aromatic carbocycles. The van der Waals surface area contributed by atoms with Gasteiger partial charge in [-0.25, -0.2) is 0 Å². The molecule has 2 amide bonds. The maximum Gasteiger partial charge on any atom is 0.254 e. The molecular weight excluding hydrogens is 456 g/mol. The molecule has 0 fully saturated rings. The predicted molar refractivity (Wildman–Crippen MR) is 128 cm³/mol. The van der Waals surface area contributed by atoms with Crippen LogP contribution in [0.5, 0.6) is 23.0 Å². The fourth-order valence-electron chi connectivity index (χ4n) is 4.49. The van der Waals surface area contributed by atoms with E-state index in [4.69, 9.17) is 18.9 Å². The number of hydrogen-bond acceptors (Lipinski definition) is 7. The number of rotatable bonds is 5. The molecule has 8 nitrogen and oxygen atoms in total. The molecule has 0 radical (unpaired) electrons. The molecule has 2 aliphatic heterocycles. The van der Waals surface area contributed by atoms with Crippen molar-refractivity contribution in [2.45, 2.75) is 12.0 Å². The molecule has 0 saturated heterocycles. The third kappa shape index (κ3) is 3.71. The summed E-state index contributed by atoms with van der Waals surface area (Å²) < 4.78 is 22.1. The molecule has 176 valence electrons. The van der Waals surface area contributed by atoms with E-state index in [1.165, 1.54) is 25.6 Å². The number of amides is 2. The van der Waals surface area contributed by atoms with Gasteiger partial charge in [-0.05, 0) is 41.3 Å². The maximum absolute atomic E-state index is 13.8. The van der Waals surface area contributed by atoms with E-state index < -0.39 is 12.0 Å². The van der Waals surface area contributed by atoms with Crippen LogP contribution in [0.15, 0.2) is 47.8 Å². The van der Waals surface area contributed by atoms with Crippen LogP contribution in [0.1, 0.15) is 32.8 Å². The van der Waals surface area contributed by atoms with Crippen LogP contribution in [0.25, 0.3) is 0 Å². The highest BCUT2D eigenvalue weighted by atomic mass is 32.1. The zero-order valence-electron chi connectivity index (χ0n) is 19.0. The van der Waals surface area contributed by atoms with Crippen LogP contribution in [0.3, 0.4) is 0 Å². The Labute approximate surface area is 201 Å². The number of likely N-dealkylation sites (N-methyl/N-ethyl adjacent to an activating group) is 1. The molecule has 2 unspecified atom stereocenters. The quantitative estimate of drug-likeness (QED) is 0.592. The summed E-state index contributed by atoms with van der Waals surface area (Å²) in [5.41, 5.74) is 1.59. The van der Waals surface area contributed by atoms with Crippen molar-refractivity contribution in [1.82, 2.24) is 4.90 Å². The molecule has 2 aliphatic rings. The van der Waals surface area contributed by atoms with Gasteiger partial charge in [0.15, 0.2) is 23.0 Å². The second-order valence-corrected chi connectivity index (χ2v) is 8.98. The topological polar surface area (TPSA) is 86.3 Å². The Morgan fingerprint density at radius 1 is 1.06 bits per heavy atom. The van der Waals surface area contributed by atoms with Crippen molar-refractivity contribution in [3.05, 3.63) is 63.8 Å². The van der Waals surface area contributed by atoms with Gasteiger partial charge < -0.3 is 29.2 Å². The first-order valence-electron chi connectivity index (χ1n) is 10.8. The van der Waals surface area contributed by atoms with Gasteiger partial charge >= 0.3 is 0 Å². The molecule has 0 bridgehead atoms. The molecular formula is C25H24N2O6S. The molecule has 0 spiro atoms. The van der Waals surface area contributed by atoms with Crippen molar-refractivity contribution in [3.63, 3.8) is 0 Å². The predicted octanol–water partition coefficient (Wildman–Crippen LogP) is 4.09. The summed E-state index contributed by atoms with van der Waals surface area (Å²) in [4.78, 5) is 29.7. The Hall–Kier alpha value is -3.72. The van der Waals surface area contributed by atoms with E-state index >= 15 is 0 Å². The molecule has 3 aromatic rings. The number of thiophene rings is 1. The summed E-state index contributed by atoms with van der Waals surface area (Å²) in [6.07, 6.45) is 0. The summed E-state index contributed by atoms with van der Waals surface area (Å²) in [6, 6.07) is 12.1. The fourth-order valence-corrected chi connectivity index (χ4v) is 5.39. The molecule has 3 heterocycles. The number of hydrogen-bond donors (Lipinski definition) is 1. The zero-order chi connectivity index (χ0) is 23.8. The highest BCUT2D eigenvalue weighted by Gasteiger charge is 2.44. The van der Waals surface area contributed by atoms with Gasteiger partial charge in [-0.15, -0.1) is 11.3 Å². The molecule has 0 saturated carbocycles. The second kappa shape index (κ2) is 8.90. The first kappa shape index (κ1) is 22.1. The summed E-state index contributed by atoms with van der Waals surface area (Å²) >= 11 is 1.51. The Bertz CT molecular complexity index is 1240. The van der Waals surface area contributed by atoms with E-state index in [0.717, 1.165) is 4.88 Å². The van der Waals surface area contributed by atoms with Crippen LogP contribution in [-0.2, 0) is 4.79 Å². The van der Waals surface area contributed by atoms with Gasteiger partial charge in [0.1, 0.15) is 13.2 Å². The summed E-state index contributed by atoms with van der Waals surface area (Å²) in [6.45, 7) is 0.946. The fraction of sp³-hybridized carbons (Fsp3) is 0.280. The Balaban J connectivity index is 1.59. The van der Waals surface area contributed by atoms with Crippen molar-refractivity contribution in [1.29, 1.82) is 0 Å². The molecule has 34 heavy (non-hydrogen) atoms. The van der Waals surface area contributed by atoms with E-state index in [1.54, 1.807) is 42.3 Å². The first-order valence-corrected chi connectivity index (χ1v) is 11.7. The zero-order valence-corrected chi connectivity index (χ0v) is 19.8. The Morgan fingerprint density at radius 2 is 1.79 bits per heavy atom. The normalized spacial score (nSPS) is 18.8. The third-order valence-corrected chi connectivity index (χ3v) is 7.04. The minimum absolute atomic E-state index is 0.183. The number of nitrogens with one attached hydrogen (secondary N) is 1. The first-order chi connectivity index (χ1) is 16.5. The van der Waals surface area contributed by atoms with Gasteiger partial charge in [-0.2, -0.15) is 0 Å². The van der Waals surface area contributed by atoms with Gasteiger partial charge in [0.2, 0.25) is 5.91 Å². The number of fused-ring (bicyclic) bond motifs is 2. The van der Waals surface area contributed by atoms with Gasteiger partial charge in [0, 0.05) is 29.2 Å². The van der Waals surface area contributed by atoms with Gasteiger partial charge in [0.25, 0.3) is 5.91 Å². The van der Waals surface area contributed by atoms with Crippen LogP contribution in [0.4, 0.5) is 5.69 Å². The monoisotopic (exact) mass is 480 g/mol. The summed E-state index contributed by atoms with van der Waals surface area (Å²) in [7, 11) is 4.76. The number of methoxy groups -OCH3 is 2. The number of carbonyl (C=O) groups is 2. The van der Waals surface area contributed by atoms with Gasteiger partial charge in [-0.3, -0.25) is 9.59 Å². The van der Waals surface area contributed by atoms with Crippen LogP contribution in [0, 0.1) is 0 Å². The molecule has 9 heteroatoms. The van der Waals surface area contributed by atoms with E-state index in [9.17, 15) is 9.59 Å². The van der Waals surface area contributed by atoms with E-state index in [-0.39, 0.29) is 11.8 Å². The number of anilines is 1. The van der Waals surface area contributed by atoms with Gasteiger partial charge in [0.05, 0.1) is 26.2 Å². The van der Waals surface area contributed by atoms with Crippen molar-refractivity contribution in [3.8, 4) is 23.0 Å². The minimum atomic E-state index is -0.677. The summed E-state index contributed by atoms with van der Waals surface area (Å²) in [5, 5.41) is 4.95. The number of carbonyl (C=O) groups excluding carboxylic acids is 2. The second-order valence-electron chi connectivity index (χ2n) is 8.00. The Kier molecular flexibility index (Phi) is 5.79. The molecule has 1 N–H and O–H groups in total. The van der Waals surface area contributed by atoms with Crippen LogP contribution in [-0.4, -0.2) is 51.2 Å². The maximum atomic E-state index is 13.8. The van der Waals surface area contributed by atoms with Crippen molar-refractivity contribution in [2.24, 2.45) is 0 Å². The van der Waals surface area contributed by atoms with Crippen LogP contribution >= 0.6 is 11.3 Å². The average molecular weight is 481 g/mol. The van der Waals surface area contributed by atoms with Crippen LogP contribution < -0.4 is 24.3 Å². The standard InChI is InChI=1S/C25H24N2O6S/c1-27-23(21-5-4-10-34-21)22(15-12-18(30-2)19(31-3)13-16(15)25(27)29)24(28)26-14-6-7-17-20(11-14)33-9-8-32-17/h4-7,10-13,22-23H,8-9H2,1-3H3,(H,26,28). The number of nitrogens with zero attached hydrogens (tertiary/aromatic N) is 1. The molecule has 2 atom stereocenters. The number of ether oxygens (including phenoxy) is 4. The smallest absolute Gasteiger partial charge is 0.254 e. The van der Waals surface area contributed by atoms with Crippen molar-refractivity contribution in [2.75, 3.05) is 39.8 Å². The lowest BCUT2D eigenvalue weighted by Crippen LogP contribution is -2.43. The SMILES string of the molecule is COc1cc2c(cc1OC)C(C(=O)Nc1ccc3c(c1)OCCO3)C(c1cccs1)N(C)C2=O. The third-order valence-electron chi connectivity index (χ3n) is 6.10. The van der Waals surface area contributed by atoms with E-state index in [2.05, 4.69) is 5.32 Å². The number of benzene rings is 2. The molecule has 5 rings (SSSR count). The van der Waals surface area contributed by atoms with Crippen molar-refractivity contribution >= 4 is 28.8 Å². The van der Waals surface area contributed by atoms with Crippen molar-refractivity contribution < 1.29 is 28.5 Å². The summed E-state index contributed by atoms with van der Waals surface area (Å²) in [5.74, 6) is 1.02. The molecule has 0 aliphatic carbocycles. The highest BCUT2D eigenvalue weighted by Crippen LogP contribution is 2.47. The lowest BCUT2D eigenvalue weighted by Gasteiger charge is -2.39. The molecule has 1 aromatic heterocycles. The lowest BCUT2D eigenvalue weighted by molar-refractivity contribution is -0.119. The lowest BCUT2D eigenvalue weighted by atomic mass is 9.81. The minimum Gasteiger partial charge on any atom is -0.493 e. The highest BCUT2D eigenvalue weighted by molar-refractivity contribution is 7.10. The Morgan fingerprint density at radius 3 is 2.50 bits per heavy atom.